The first-order valence-electron chi connectivity index (χ1n) is 7.28. The van der Waals surface area contributed by atoms with Gasteiger partial charge in [-0.3, -0.25) is 9.59 Å². The van der Waals surface area contributed by atoms with E-state index in [1.807, 2.05) is 0 Å². The molecule has 1 heterocycles. The maximum atomic E-state index is 12.4. The van der Waals surface area contributed by atoms with Gasteiger partial charge in [-0.1, -0.05) is 0 Å². The second-order valence-electron chi connectivity index (χ2n) is 5.35. The number of nitrogens with zero attached hydrogens (tertiary/aromatic N) is 3. The van der Waals surface area contributed by atoms with Gasteiger partial charge in [0.05, 0.1) is 10.8 Å². The lowest BCUT2D eigenvalue weighted by atomic mass is 10.2. The van der Waals surface area contributed by atoms with E-state index in [-0.39, 0.29) is 22.1 Å². The first-order chi connectivity index (χ1) is 11.7. The van der Waals surface area contributed by atoms with Gasteiger partial charge >= 0.3 is 5.82 Å². The van der Waals surface area contributed by atoms with E-state index in [0.717, 1.165) is 0 Å². The Morgan fingerprint density at radius 3 is 2.20 bits per heavy atom. The topological polar surface area (TPSA) is 119 Å². The lowest BCUT2D eigenvalue weighted by Crippen LogP contribution is -2.25. The average Bonchev–Trinajstić information content (AvgIpc) is 2.84. The summed E-state index contributed by atoms with van der Waals surface area (Å²) in [5.41, 5.74) is 1.63. The Bertz CT molecular complexity index is 831. The molecule has 0 bridgehead atoms. The molecule has 0 radical (unpaired) electrons. The molecule has 2 aromatic rings. The molecule has 2 rings (SSSR count). The normalized spacial score (nSPS) is 11.7. The summed E-state index contributed by atoms with van der Waals surface area (Å²) in [7, 11) is 0. The van der Waals surface area contributed by atoms with Crippen molar-refractivity contribution in [1.82, 2.24) is 9.78 Å². The van der Waals surface area contributed by atoms with Crippen molar-refractivity contribution in [3.8, 4) is 0 Å². The molecule has 10 heteroatoms. The maximum absolute atomic E-state index is 12.4. The van der Waals surface area contributed by atoms with E-state index in [9.17, 15) is 19.7 Å². The Kier molecular flexibility index (Phi) is 5.52. The number of anilines is 2. The summed E-state index contributed by atoms with van der Waals surface area (Å²) in [5, 5.41) is 20.2. The number of amides is 2. The van der Waals surface area contributed by atoms with E-state index in [1.165, 1.54) is 11.6 Å². The molecule has 0 saturated carbocycles. The fourth-order valence-electron chi connectivity index (χ4n) is 2.17. The molecular formula is C15H16BrN5O4. The van der Waals surface area contributed by atoms with Gasteiger partial charge in [-0.2, -0.15) is 4.68 Å². The van der Waals surface area contributed by atoms with Crippen LogP contribution in [0.5, 0.6) is 0 Å². The number of carbonyl (C=O) groups excluding carboxylic acids is 2. The Hall–Kier alpha value is -2.75. The lowest BCUT2D eigenvalue weighted by molar-refractivity contribution is -0.390. The maximum Gasteiger partial charge on any atom is 0.404 e. The third kappa shape index (κ3) is 4.21. The number of rotatable bonds is 5. The number of halogens is 1. The Balaban J connectivity index is 2.14. The summed E-state index contributed by atoms with van der Waals surface area (Å²) in [4.78, 5) is 33.7. The molecule has 0 aliphatic rings. The highest BCUT2D eigenvalue weighted by Gasteiger charge is 2.29. The van der Waals surface area contributed by atoms with Crippen LogP contribution in [0.2, 0.25) is 0 Å². The quantitative estimate of drug-likeness (QED) is 0.580. The zero-order valence-corrected chi connectivity index (χ0v) is 15.3. The van der Waals surface area contributed by atoms with Crippen LogP contribution < -0.4 is 10.6 Å². The van der Waals surface area contributed by atoms with Crippen LogP contribution >= 0.6 is 15.9 Å². The fraction of sp³-hybridized carbons (Fsp3) is 0.267. The first-order valence-corrected chi connectivity index (χ1v) is 8.07. The van der Waals surface area contributed by atoms with Gasteiger partial charge in [0, 0.05) is 18.3 Å². The Morgan fingerprint density at radius 2 is 1.76 bits per heavy atom. The highest BCUT2D eigenvalue weighted by molar-refractivity contribution is 9.10. The van der Waals surface area contributed by atoms with Crippen molar-refractivity contribution in [1.29, 1.82) is 0 Å². The lowest BCUT2D eigenvalue weighted by Gasteiger charge is -2.12. The third-order valence-electron chi connectivity index (χ3n) is 3.45. The molecule has 0 unspecified atom stereocenters. The molecule has 1 atom stereocenters. The van der Waals surface area contributed by atoms with Crippen LogP contribution in [0, 0.1) is 17.0 Å². The van der Waals surface area contributed by atoms with Crippen molar-refractivity contribution >= 4 is 44.9 Å². The number of hydrogen-bond acceptors (Lipinski definition) is 5. The molecule has 25 heavy (non-hydrogen) atoms. The molecule has 0 aliphatic heterocycles. The Labute approximate surface area is 151 Å². The van der Waals surface area contributed by atoms with E-state index in [1.54, 1.807) is 38.1 Å². The van der Waals surface area contributed by atoms with E-state index in [0.29, 0.717) is 17.1 Å². The smallest absolute Gasteiger partial charge is 0.358 e. The van der Waals surface area contributed by atoms with E-state index >= 15 is 0 Å². The van der Waals surface area contributed by atoms with Crippen LogP contribution in [0.4, 0.5) is 17.2 Å². The average molecular weight is 410 g/mol. The summed E-state index contributed by atoms with van der Waals surface area (Å²) in [6, 6.07) is 5.85. The summed E-state index contributed by atoms with van der Waals surface area (Å²) in [5.74, 6) is -0.899. The highest BCUT2D eigenvalue weighted by Crippen LogP contribution is 2.29. The third-order valence-corrected chi connectivity index (χ3v) is 4.38. The summed E-state index contributed by atoms with van der Waals surface area (Å²) >= 11 is 3.12. The predicted octanol–water partition coefficient (Wildman–Crippen LogP) is 3.02. The molecule has 0 spiro atoms. The van der Waals surface area contributed by atoms with Crippen molar-refractivity contribution in [3.05, 3.63) is 44.5 Å². The van der Waals surface area contributed by atoms with Gasteiger partial charge in [-0.15, -0.1) is 0 Å². The molecule has 0 saturated heterocycles. The summed E-state index contributed by atoms with van der Waals surface area (Å²) in [6.07, 6.45) is 0. The van der Waals surface area contributed by atoms with Gasteiger partial charge in [0.1, 0.15) is 10.5 Å². The number of hydrogen-bond donors (Lipinski definition) is 2. The molecule has 2 N–H and O–H groups in total. The van der Waals surface area contributed by atoms with Crippen molar-refractivity contribution < 1.29 is 14.5 Å². The van der Waals surface area contributed by atoms with Crippen LogP contribution in [-0.2, 0) is 9.59 Å². The summed E-state index contributed by atoms with van der Waals surface area (Å²) < 4.78 is 1.54. The number of nitro groups is 1. The van der Waals surface area contributed by atoms with E-state index in [2.05, 4.69) is 31.7 Å². The second kappa shape index (κ2) is 7.43. The zero-order valence-electron chi connectivity index (χ0n) is 13.7. The molecule has 1 aromatic carbocycles. The van der Waals surface area contributed by atoms with Crippen LogP contribution in [0.25, 0.3) is 0 Å². The van der Waals surface area contributed by atoms with Gasteiger partial charge in [-0.25, -0.2) is 0 Å². The SMILES string of the molecule is CC(=O)Nc1ccc(NC(=O)[C@H](C)n2nc([N+](=O)[O-])c(Br)c2C)cc1. The van der Waals surface area contributed by atoms with Crippen molar-refractivity contribution in [2.75, 3.05) is 10.6 Å². The monoisotopic (exact) mass is 409 g/mol. The molecule has 2 amide bonds. The summed E-state index contributed by atoms with van der Waals surface area (Å²) in [6.45, 7) is 4.63. The first kappa shape index (κ1) is 18.6. The van der Waals surface area contributed by atoms with Gasteiger partial charge in [-0.05, 0) is 59.0 Å². The number of carbonyl (C=O) groups is 2. The van der Waals surface area contributed by atoms with Gasteiger partial charge < -0.3 is 20.7 Å². The second-order valence-corrected chi connectivity index (χ2v) is 6.14. The number of aromatic nitrogens is 2. The molecule has 1 aromatic heterocycles. The molecule has 0 aliphatic carbocycles. The Morgan fingerprint density at radius 1 is 1.24 bits per heavy atom. The van der Waals surface area contributed by atoms with Gasteiger partial charge in [0.25, 0.3) is 5.91 Å². The standard InChI is InChI=1S/C15H16BrN5O4/c1-8-13(16)14(21(24)25)19-20(8)9(2)15(23)18-12-6-4-11(5-7-12)17-10(3)22/h4-7,9H,1-3H3,(H,17,22)(H,18,23)/t9-/m0/s1. The fourth-order valence-corrected chi connectivity index (χ4v) is 2.58. The van der Waals surface area contributed by atoms with Crippen molar-refractivity contribution in [2.45, 2.75) is 26.8 Å². The zero-order chi connectivity index (χ0) is 18.7. The van der Waals surface area contributed by atoms with Crippen molar-refractivity contribution in [2.24, 2.45) is 0 Å². The van der Waals surface area contributed by atoms with Crippen molar-refractivity contribution in [3.63, 3.8) is 0 Å². The minimum Gasteiger partial charge on any atom is -0.358 e. The van der Waals surface area contributed by atoms with Crippen LogP contribution in [0.1, 0.15) is 25.6 Å². The van der Waals surface area contributed by atoms with Gasteiger partial charge in [0.15, 0.2) is 0 Å². The predicted molar refractivity (Wildman–Crippen MR) is 95.4 cm³/mol. The van der Waals surface area contributed by atoms with Crippen LogP contribution in [-0.4, -0.2) is 26.5 Å². The molecule has 132 valence electrons. The minimum atomic E-state index is -0.750. The molecular weight excluding hydrogens is 394 g/mol. The van der Waals surface area contributed by atoms with Gasteiger partial charge in [0.2, 0.25) is 5.91 Å². The molecule has 9 nitrogen and oxygen atoms in total. The number of nitrogens with one attached hydrogen (secondary N) is 2. The van der Waals surface area contributed by atoms with E-state index < -0.39 is 11.0 Å². The van der Waals surface area contributed by atoms with Crippen LogP contribution in [0.3, 0.4) is 0 Å². The highest BCUT2D eigenvalue weighted by atomic mass is 79.9. The van der Waals surface area contributed by atoms with E-state index in [4.69, 9.17) is 0 Å². The number of benzene rings is 1. The van der Waals surface area contributed by atoms with Crippen LogP contribution in [0.15, 0.2) is 28.7 Å². The largest absolute Gasteiger partial charge is 0.404 e. The minimum absolute atomic E-state index is 0.188. The molecule has 0 fully saturated rings.